The SMILES string of the molecule is C/C=N\N1C(N2CCN(C(=O)OC(C)(C)C)CC2)=Nc2ccc(Br)c(F)c2C1C. The summed E-state index contributed by atoms with van der Waals surface area (Å²) in [6.45, 7) is 11.5. The second kappa shape index (κ2) is 8.30. The van der Waals surface area contributed by atoms with Crippen molar-refractivity contribution in [3.63, 3.8) is 0 Å². The Morgan fingerprint density at radius 1 is 1.31 bits per heavy atom. The predicted octanol–water partition coefficient (Wildman–Crippen LogP) is 4.51. The Labute approximate surface area is 179 Å². The van der Waals surface area contributed by atoms with Crippen LogP contribution < -0.4 is 0 Å². The van der Waals surface area contributed by atoms with Crippen molar-refractivity contribution >= 4 is 39.9 Å². The van der Waals surface area contributed by atoms with E-state index in [1.807, 2.05) is 40.7 Å². The van der Waals surface area contributed by atoms with Gasteiger partial charge in [-0.05, 0) is 62.7 Å². The third-order valence-electron chi connectivity index (χ3n) is 4.77. The van der Waals surface area contributed by atoms with Crippen LogP contribution >= 0.6 is 15.9 Å². The van der Waals surface area contributed by atoms with Crippen molar-refractivity contribution in [2.75, 3.05) is 26.2 Å². The summed E-state index contributed by atoms with van der Waals surface area (Å²) in [5.74, 6) is 0.345. The molecule has 2 aliphatic heterocycles. The normalized spacial score (nSPS) is 20.0. The van der Waals surface area contributed by atoms with Gasteiger partial charge in [-0.1, -0.05) is 0 Å². The molecule has 1 unspecified atom stereocenters. The number of nitrogens with zero attached hydrogens (tertiary/aromatic N) is 5. The van der Waals surface area contributed by atoms with Gasteiger partial charge in [0.1, 0.15) is 11.4 Å². The van der Waals surface area contributed by atoms with Gasteiger partial charge in [0.2, 0.25) is 5.96 Å². The Balaban J connectivity index is 1.83. The van der Waals surface area contributed by atoms with Crippen LogP contribution in [0.2, 0.25) is 0 Å². The molecule has 2 aliphatic rings. The summed E-state index contributed by atoms with van der Waals surface area (Å²) in [6.07, 6.45) is 1.36. The Bertz CT molecular complexity index is 844. The maximum atomic E-state index is 14.7. The molecule has 1 aromatic rings. The summed E-state index contributed by atoms with van der Waals surface area (Å²) < 4.78 is 20.6. The number of benzene rings is 1. The molecule has 0 radical (unpaired) electrons. The van der Waals surface area contributed by atoms with Gasteiger partial charge in [0.25, 0.3) is 0 Å². The van der Waals surface area contributed by atoms with E-state index in [1.165, 1.54) is 0 Å². The number of piperazine rings is 1. The molecule has 2 heterocycles. The van der Waals surface area contributed by atoms with Crippen LogP contribution in [0.5, 0.6) is 0 Å². The number of halogens is 2. The molecule has 158 valence electrons. The van der Waals surface area contributed by atoms with E-state index in [-0.39, 0.29) is 18.0 Å². The van der Waals surface area contributed by atoms with E-state index >= 15 is 0 Å². The number of carbonyl (C=O) groups is 1. The summed E-state index contributed by atoms with van der Waals surface area (Å²) >= 11 is 3.25. The summed E-state index contributed by atoms with van der Waals surface area (Å²) in [5.41, 5.74) is 0.595. The van der Waals surface area contributed by atoms with Crippen LogP contribution in [0.4, 0.5) is 14.9 Å². The number of aliphatic imine (C=N–C) groups is 1. The van der Waals surface area contributed by atoms with E-state index in [1.54, 1.807) is 22.2 Å². The minimum absolute atomic E-state index is 0.309. The van der Waals surface area contributed by atoms with Gasteiger partial charge in [0.15, 0.2) is 0 Å². The maximum Gasteiger partial charge on any atom is 0.410 e. The average molecular weight is 468 g/mol. The molecule has 3 rings (SSSR count). The van der Waals surface area contributed by atoms with E-state index in [2.05, 4.69) is 25.9 Å². The predicted molar refractivity (Wildman–Crippen MR) is 115 cm³/mol. The first-order chi connectivity index (χ1) is 13.6. The van der Waals surface area contributed by atoms with Crippen LogP contribution in [0.3, 0.4) is 0 Å². The number of ether oxygens (including phenoxy) is 1. The topological polar surface area (TPSA) is 60.7 Å². The highest BCUT2D eigenvalue weighted by molar-refractivity contribution is 9.10. The molecule has 29 heavy (non-hydrogen) atoms. The third kappa shape index (κ3) is 4.55. The van der Waals surface area contributed by atoms with E-state index < -0.39 is 5.60 Å². The molecule has 1 atom stereocenters. The number of rotatable bonds is 1. The first kappa shape index (κ1) is 21.5. The van der Waals surface area contributed by atoms with Crippen molar-refractivity contribution in [2.45, 2.75) is 46.3 Å². The van der Waals surface area contributed by atoms with Crippen molar-refractivity contribution in [3.05, 3.63) is 28.0 Å². The fourth-order valence-corrected chi connectivity index (χ4v) is 3.76. The molecule has 1 aromatic carbocycles. The number of fused-ring (bicyclic) bond motifs is 1. The van der Waals surface area contributed by atoms with Gasteiger partial charge in [-0.25, -0.2) is 19.2 Å². The molecule has 1 fully saturated rings. The lowest BCUT2D eigenvalue weighted by molar-refractivity contribution is 0.0179. The molecule has 0 aromatic heterocycles. The van der Waals surface area contributed by atoms with Crippen LogP contribution in [-0.4, -0.2) is 64.9 Å². The van der Waals surface area contributed by atoms with E-state index in [0.717, 1.165) is 0 Å². The molecule has 0 spiro atoms. The smallest absolute Gasteiger partial charge is 0.410 e. The van der Waals surface area contributed by atoms with Crippen LogP contribution in [0.1, 0.15) is 46.2 Å². The molecule has 7 nitrogen and oxygen atoms in total. The highest BCUT2D eigenvalue weighted by Crippen LogP contribution is 2.39. The van der Waals surface area contributed by atoms with E-state index in [9.17, 15) is 9.18 Å². The number of guanidine groups is 1. The van der Waals surface area contributed by atoms with Gasteiger partial charge in [-0.2, -0.15) is 5.10 Å². The minimum Gasteiger partial charge on any atom is -0.444 e. The van der Waals surface area contributed by atoms with Crippen LogP contribution in [0, 0.1) is 5.82 Å². The number of hydrogen-bond acceptors (Lipinski definition) is 6. The molecule has 9 heteroatoms. The lowest BCUT2D eigenvalue weighted by atomic mass is 10.0. The first-order valence-corrected chi connectivity index (χ1v) is 10.5. The van der Waals surface area contributed by atoms with Crippen molar-refractivity contribution in [2.24, 2.45) is 10.1 Å². The maximum absolute atomic E-state index is 14.7. The standard InChI is InChI=1S/C20H27BrFN5O2/c1-6-23-27-13(2)16-15(8-7-14(21)17(16)22)24-18(27)25-9-11-26(12-10-25)19(28)29-20(3,4)5/h6-8,13H,9-12H2,1-5H3/b23-6-. The lowest BCUT2D eigenvalue weighted by Gasteiger charge is -2.42. The fourth-order valence-electron chi connectivity index (χ4n) is 3.41. The molecule has 1 amide bonds. The largest absolute Gasteiger partial charge is 0.444 e. The van der Waals surface area contributed by atoms with Gasteiger partial charge in [-0.15, -0.1) is 0 Å². The molecular weight excluding hydrogens is 441 g/mol. The molecule has 0 bridgehead atoms. The zero-order chi connectivity index (χ0) is 21.3. The second-order valence-corrected chi connectivity index (χ2v) is 8.91. The number of hydrogen-bond donors (Lipinski definition) is 0. The number of carbonyl (C=O) groups excluding carboxylic acids is 1. The molecule has 0 aliphatic carbocycles. The summed E-state index contributed by atoms with van der Waals surface area (Å²) in [7, 11) is 0. The Morgan fingerprint density at radius 3 is 2.55 bits per heavy atom. The van der Waals surface area contributed by atoms with Crippen molar-refractivity contribution in [1.82, 2.24) is 14.8 Å². The Morgan fingerprint density at radius 2 is 1.97 bits per heavy atom. The van der Waals surface area contributed by atoms with Gasteiger partial charge in [0.05, 0.1) is 16.2 Å². The third-order valence-corrected chi connectivity index (χ3v) is 5.39. The van der Waals surface area contributed by atoms with E-state index in [0.29, 0.717) is 47.9 Å². The first-order valence-electron chi connectivity index (χ1n) is 9.69. The minimum atomic E-state index is -0.522. The zero-order valence-corrected chi connectivity index (χ0v) is 19.0. The summed E-state index contributed by atoms with van der Waals surface area (Å²) in [4.78, 5) is 20.8. The fraction of sp³-hybridized carbons (Fsp3) is 0.550. The molecule has 0 saturated carbocycles. The number of amides is 1. The van der Waals surface area contributed by atoms with Crippen molar-refractivity contribution in [1.29, 1.82) is 0 Å². The summed E-state index contributed by atoms with van der Waals surface area (Å²) in [5, 5.41) is 6.18. The second-order valence-electron chi connectivity index (χ2n) is 8.05. The summed E-state index contributed by atoms with van der Waals surface area (Å²) in [6, 6.07) is 3.17. The molecule has 0 N–H and O–H groups in total. The monoisotopic (exact) mass is 467 g/mol. The molecular formula is C20H27BrFN5O2. The number of hydrazone groups is 1. The van der Waals surface area contributed by atoms with Gasteiger partial charge in [-0.3, -0.25) is 0 Å². The van der Waals surface area contributed by atoms with Gasteiger partial charge in [0, 0.05) is 38.0 Å². The van der Waals surface area contributed by atoms with E-state index in [4.69, 9.17) is 9.73 Å². The average Bonchev–Trinajstić information content (AvgIpc) is 2.65. The van der Waals surface area contributed by atoms with Gasteiger partial charge >= 0.3 is 6.09 Å². The van der Waals surface area contributed by atoms with Crippen LogP contribution in [0.15, 0.2) is 26.7 Å². The Hall–Kier alpha value is -2.16. The highest BCUT2D eigenvalue weighted by atomic mass is 79.9. The quantitative estimate of drug-likeness (QED) is 0.570. The zero-order valence-electron chi connectivity index (χ0n) is 17.4. The molecule has 1 saturated heterocycles. The van der Waals surface area contributed by atoms with Gasteiger partial charge < -0.3 is 14.5 Å². The Kier molecular flexibility index (Phi) is 6.16. The van der Waals surface area contributed by atoms with Crippen LogP contribution in [0.25, 0.3) is 0 Å². The highest BCUT2D eigenvalue weighted by Gasteiger charge is 2.35. The van der Waals surface area contributed by atoms with Crippen molar-refractivity contribution in [3.8, 4) is 0 Å². The lowest BCUT2D eigenvalue weighted by Crippen LogP contribution is -2.55. The van der Waals surface area contributed by atoms with Crippen LogP contribution in [-0.2, 0) is 4.74 Å². The van der Waals surface area contributed by atoms with Crippen molar-refractivity contribution < 1.29 is 13.9 Å².